The number of halogens is 1. The normalized spacial score (nSPS) is 11.2. The molecular weight excluding hydrogens is 255 g/mol. The van der Waals surface area contributed by atoms with E-state index in [1.165, 1.54) is 18.2 Å². The third-order valence-corrected chi connectivity index (χ3v) is 3.02. The van der Waals surface area contributed by atoms with Gasteiger partial charge >= 0.3 is 0 Å². The number of carbonyl (C=O) groups excluding carboxylic acids is 1. The Kier molecular flexibility index (Phi) is 3.13. The number of carbonyl (C=O) groups is 1. The van der Waals surface area contributed by atoms with Crippen LogP contribution >= 0.6 is 0 Å². The van der Waals surface area contributed by atoms with Gasteiger partial charge in [0.1, 0.15) is 5.82 Å². The molecule has 0 spiro atoms. The van der Waals surface area contributed by atoms with Crippen molar-refractivity contribution >= 4 is 22.8 Å². The van der Waals surface area contributed by atoms with E-state index in [1.54, 1.807) is 36.8 Å². The van der Waals surface area contributed by atoms with Crippen molar-refractivity contribution in [3.05, 3.63) is 71.9 Å². The molecule has 0 aliphatic carbocycles. The molecular formula is C16H11FN2O. The molecule has 0 radical (unpaired) electrons. The quantitative estimate of drug-likeness (QED) is 0.581. The molecule has 20 heavy (non-hydrogen) atoms. The standard InChI is InChI=1S/C16H11FN2O/c17-12-4-5-13-14(10-19-15(13)8-12)16(20)6-3-11-2-1-7-18-9-11/h1-10,19H/b6-3+. The molecule has 2 aromatic heterocycles. The van der Waals surface area contributed by atoms with Crippen LogP contribution in [-0.4, -0.2) is 15.8 Å². The number of rotatable bonds is 3. The number of hydrogen-bond acceptors (Lipinski definition) is 2. The molecule has 0 saturated carbocycles. The lowest BCUT2D eigenvalue weighted by molar-refractivity contribution is 0.104. The van der Waals surface area contributed by atoms with Crippen molar-refractivity contribution in [2.24, 2.45) is 0 Å². The van der Waals surface area contributed by atoms with E-state index < -0.39 is 0 Å². The summed E-state index contributed by atoms with van der Waals surface area (Å²) in [4.78, 5) is 19.0. The van der Waals surface area contributed by atoms with Crippen LogP contribution in [0.3, 0.4) is 0 Å². The van der Waals surface area contributed by atoms with Crippen molar-refractivity contribution in [3.63, 3.8) is 0 Å². The first-order valence-electron chi connectivity index (χ1n) is 6.13. The van der Waals surface area contributed by atoms with Crippen molar-refractivity contribution in [3.8, 4) is 0 Å². The lowest BCUT2D eigenvalue weighted by atomic mass is 10.1. The Morgan fingerprint density at radius 1 is 1.30 bits per heavy atom. The summed E-state index contributed by atoms with van der Waals surface area (Å²) in [6.45, 7) is 0. The summed E-state index contributed by atoms with van der Waals surface area (Å²) in [5.74, 6) is -0.462. The fourth-order valence-electron chi connectivity index (χ4n) is 2.04. The molecule has 0 aliphatic heterocycles. The summed E-state index contributed by atoms with van der Waals surface area (Å²) in [7, 11) is 0. The highest BCUT2D eigenvalue weighted by molar-refractivity contribution is 6.14. The van der Waals surface area contributed by atoms with Crippen LogP contribution in [0.1, 0.15) is 15.9 Å². The van der Waals surface area contributed by atoms with Crippen molar-refractivity contribution in [2.75, 3.05) is 0 Å². The van der Waals surface area contributed by atoms with Gasteiger partial charge in [-0.1, -0.05) is 6.07 Å². The van der Waals surface area contributed by atoms with E-state index >= 15 is 0 Å². The minimum atomic E-state index is -0.329. The lowest BCUT2D eigenvalue weighted by Gasteiger charge is -1.94. The maximum atomic E-state index is 13.1. The van der Waals surface area contributed by atoms with Gasteiger partial charge < -0.3 is 4.98 Å². The molecule has 0 atom stereocenters. The maximum Gasteiger partial charge on any atom is 0.188 e. The number of aromatic nitrogens is 2. The molecule has 0 fully saturated rings. The summed E-state index contributed by atoms with van der Waals surface area (Å²) >= 11 is 0. The van der Waals surface area contributed by atoms with E-state index in [2.05, 4.69) is 9.97 Å². The zero-order valence-corrected chi connectivity index (χ0v) is 10.5. The van der Waals surface area contributed by atoms with Crippen LogP contribution in [-0.2, 0) is 0 Å². The number of hydrogen-bond donors (Lipinski definition) is 1. The minimum absolute atomic E-state index is 0.133. The highest BCUT2D eigenvalue weighted by Gasteiger charge is 2.09. The number of allylic oxidation sites excluding steroid dienone is 1. The van der Waals surface area contributed by atoms with Crippen molar-refractivity contribution in [1.82, 2.24) is 9.97 Å². The van der Waals surface area contributed by atoms with Gasteiger partial charge in [-0.15, -0.1) is 0 Å². The predicted molar refractivity (Wildman–Crippen MR) is 75.9 cm³/mol. The lowest BCUT2D eigenvalue weighted by Crippen LogP contribution is -1.92. The zero-order valence-electron chi connectivity index (χ0n) is 10.5. The average Bonchev–Trinajstić information content (AvgIpc) is 2.89. The molecule has 0 saturated heterocycles. The molecule has 0 aliphatic rings. The van der Waals surface area contributed by atoms with Gasteiger partial charge in [-0.3, -0.25) is 9.78 Å². The summed E-state index contributed by atoms with van der Waals surface area (Å²) < 4.78 is 13.1. The second kappa shape index (κ2) is 5.09. The van der Waals surface area contributed by atoms with E-state index in [-0.39, 0.29) is 11.6 Å². The van der Waals surface area contributed by atoms with Crippen molar-refractivity contribution in [1.29, 1.82) is 0 Å². The van der Waals surface area contributed by atoms with Gasteiger partial charge in [0.05, 0.1) is 0 Å². The van der Waals surface area contributed by atoms with Gasteiger partial charge in [0.2, 0.25) is 0 Å². The van der Waals surface area contributed by atoms with Crippen molar-refractivity contribution < 1.29 is 9.18 Å². The molecule has 2 heterocycles. The second-order valence-corrected chi connectivity index (χ2v) is 4.38. The average molecular weight is 266 g/mol. The summed E-state index contributed by atoms with van der Waals surface area (Å²) in [5, 5.41) is 0.715. The van der Waals surface area contributed by atoms with Gasteiger partial charge in [0.15, 0.2) is 5.78 Å². The van der Waals surface area contributed by atoms with Crippen LogP contribution in [0.25, 0.3) is 17.0 Å². The summed E-state index contributed by atoms with van der Waals surface area (Å²) in [5.41, 5.74) is 2.00. The van der Waals surface area contributed by atoms with Crippen LogP contribution in [0.15, 0.2) is 55.0 Å². The molecule has 1 aromatic carbocycles. The third-order valence-electron chi connectivity index (χ3n) is 3.02. The molecule has 0 bridgehead atoms. The van der Waals surface area contributed by atoms with E-state index in [0.29, 0.717) is 16.5 Å². The monoisotopic (exact) mass is 266 g/mol. The summed E-state index contributed by atoms with van der Waals surface area (Å²) in [6.07, 6.45) is 8.14. The smallest absolute Gasteiger partial charge is 0.188 e. The number of ketones is 1. The molecule has 98 valence electrons. The molecule has 3 rings (SSSR count). The van der Waals surface area contributed by atoms with Crippen molar-refractivity contribution in [2.45, 2.75) is 0 Å². The van der Waals surface area contributed by atoms with Gasteiger partial charge in [0, 0.05) is 35.1 Å². The Morgan fingerprint density at radius 3 is 3.00 bits per heavy atom. The predicted octanol–water partition coefficient (Wildman–Crippen LogP) is 3.60. The maximum absolute atomic E-state index is 13.1. The number of fused-ring (bicyclic) bond motifs is 1. The van der Waals surface area contributed by atoms with Crippen LogP contribution in [0, 0.1) is 5.82 Å². The molecule has 3 nitrogen and oxygen atoms in total. The number of aromatic amines is 1. The fraction of sp³-hybridized carbons (Fsp3) is 0. The van der Waals surface area contributed by atoms with Crippen LogP contribution < -0.4 is 0 Å². The van der Waals surface area contributed by atoms with E-state index in [9.17, 15) is 9.18 Å². The molecule has 0 amide bonds. The van der Waals surface area contributed by atoms with E-state index in [4.69, 9.17) is 0 Å². The number of pyridine rings is 1. The SMILES string of the molecule is O=C(/C=C/c1cccnc1)c1c[nH]c2cc(F)ccc12. The number of nitrogens with one attached hydrogen (secondary N) is 1. The molecule has 4 heteroatoms. The molecule has 3 aromatic rings. The van der Waals surface area contributed by atoms with Gasteiger partial charge in [-0.25, -0.2) is 4.39 Å². The third kappa shape index (κ3) is 2.36. The number of benzene rings is 1. The first kappa shape index (κ1) is 12.3. The first-order valence-corrected chi connectivity index (χ1v) is 6.13. The fourth-order valence-corrected chi connectivity index (χ4v) is 2.04. The Labute approximate surface area is 114 Å². The Hall–Kier alpha value is -2.75. The largest absolute Gasteiger partial charge is 0.360 e. The van der Waals surface area contributed by atoms with Crippen LogP contribution in [0.4, 0.5) is 4.39 Å². The van der Waals surface area contributed by atoms with Gasteiger partial charge in [-0.2, -0.15) is 0 Å². The van der Waals surface area contributed by atoms with Crippen LogP contribution in [0.5, 0.6) is 0 Å². The van der Waals surface area contributed by atoms with Crippen LogP contribution in [0.2, 0.25) is 0 Å². The first-order chi connectivity index (χ1) is 9.74. The van der Waals surface area contributed by atoms with E-state index in [1.807, 2.05) is 6.07 Å². The number of H-pyrrole nitrogens is 1. The molecule has 1 N–H and O–H groups in total. The Morgan fingerprint density at radius 2 is 2.20 bits per heavy atom. The second-order valence-electron chi connectivity index (χ2n) is 4.38. The van der Waals surface area contributed by atoms with Gasteiger partial charge in [0.25, 0.3) is 0 Å². The topological polar surface area (TPSA) is 45.8 Å². The molecule has 0 unspecified atom stereocenters. The Bertz CT molecular complexity index is 791. The highest BCUT2D eigenvalue weighted by atomic mass is 19.1. The Balaban J connectivity index is 1.91. The highest BCUT2D eigenvalue weighted by Crippen LogP contribution is 2.20. The zero-order chi connectivity index (χ0) is 13.9. The number of nitrogens with zero attached hydrogens (tertiary/aromatic N) is 1. The summed E-state index contributed by atoms with van der Waals surface area (Å²) in [6, 6.07) is 7.99. The van der Waals surface area contributed by atoms with E-state index in [0.717, 1.165) is 5.56 Å². The minimum Gasteiger partial charge on any atom is -0.360 e. The van der Waals surface area contributed by atoms with Gasteiger partial charge in [-0.05, 0) is 42.0 Å².